The molecule has 3 rings (SSSR count). The molecule has 0 unspecified atom stereocenters. The Bertz CT molecular complexity index is 790. The van der Waals surface area contributed by atoms with E-state index in [2.05, 4.69) is 11.9 Å². The highest BCUT2D eigenvalue weighted by Gasteiger charge is 2.28. The Hall–Kier alpha value is -2.17. The number of carbonyl (C=O) groups excluding carboxylic acids is 1. The third-order valence-electron chi connectivity index (χ3n) is 3.41. The molecule has 0 saturated heterocycles. The van der Waals surface area contributed by atoms with Crippen LogP contribution in [0.25, 0.3) is 5.70 Å². The summed E-state index contributed by atoms with van der Waals surface area (Å²) in [7, 11) is 1.59. The molecule has 2 aromatic rings. The van der Waals surface area contributed by atoms with Gasteiger partial charge in [0.25, 0.3) is 0 Å². The van der Waals surface area contributed by atoms with E-state index in [4.69, 9.17) is 27.9 Å². The first kappa shape index (κ1) is 14.8. The first-order valence-corrected chi connectivity index (χ1v) is 7.20. The van der Waals surface area contributed by atoms with Crippen LogP contribution in [0.15, 0.2) is 43.0 Å². The van der Waals surface area contributed by atoms with E-state index < -0.39 is 0 Å². The number of rotatable bonds is 2. The molecule has 0 bridgehead atoms. The molecule has 0 radical (unpaired) electrons. The molecule has 0 fully saturated rings. The number of carbonyl (C=O) groups is 1. The molecule has 112 valence electrons. The van der Waals surface area contributed by atoms with Crippen LogP contribution < -0.4 is 15.0 Å². The Morgan fingerprint density at radius 2 is 1.91 bits per heavy atom. The minimum Gasteiger partial charge on any atom is -0.497 e. The molecule has 0 atom stereocenters. The molecule has 2 amide bonds. The number of fused-ring (bicyclic) bond motifs is 1. The van der Waals surface area contributed by atoms with Gasteiger partial charge in [-0.3, -0.25) is 4.90 Å². The Kier molecular flexibility index (Phi) is 3.72. The van der Waals surface area contributed by atoms with E-state index in [0.717, 1.165) is 5.56 Å². The molecular weight excluding hydrogens is 323 g/mol. The molecule has 1 aliphatic heterocycles. The van der Waals surface area contributed by atoms with E-state index in [1.54, 1.807) is 37.4 Å². The number of ether oxygens (including phenoxy) is 1. The van der Waals surface area contributed by atoms with Gasteiger partial charge in [0.15, 0.2) is 0 Å². The van der Waals surface area contributed by atoms with Gasteiger partial charge in [-0.05, 0) is 36.4 Å². The molecule has 0 aromatic heterocycles. The molecule has 0 spiro atoms. The van der Waals surface area contributed by atoms with Crippen LogP contribution in [0.1, 0.15) is 5.56 Å². The molecule has 22 heavy (non-hydrogen) atoms. The fourth-order valence-electron chi connectivity index (χ4n) is 2.31. The molecule has 1 heterocycles. The van der Waals surface area contributed by atoms with Gasteiger partial charge in [0, 0.05) is 5.56 Å². The molecule has 1 aliphatic rings. The van der Waals surface area contributed by atoms with Crippen molar-refractivity contribution < 1.29 is 9.53 Å². The van der Waals surface area contributed by atoms with Crippen molar-refractivity contribution in [3.8, 4) is 5.75 Å². The summed E-state index contributed by atoms with van der Waals surface area (Å²) in [5.41, 5.74) is 2.60. The number of amides is 2. The van der Waals surface area contributed by atoms with E-state index in [0.29, 0.717) is 32.9 Å². The zero-order valence-corrected chi connectivity index (χ0v) is 13.2. The highest BCUT2D eigenvalue weighted by Crippen LogP contribution is 2.38. The van der Waals surface area contributed by atoms with Crippen molar-refractivity contribution in [1.29, 1.82) is 0 Å². The van der Waals surface area contributed by atoms with Crippen molar-refractivity contribution in [2.24, 2.45) is 0 Å². The summed E-state index contributed by atoms with van der Waals surface area (Å²) < 4.78 is 5.22. The maximum atomic E-state index is 12.4. The molecule has 0 aliphatic carbocycles. The van der Waals surface area contributed by atoms with Crippen molar-refractivity contribution in [3.63, 3.8) is 0 Å². The Labute approximate surface area is 137 Å². The molecular formula is C16H12Cl2N2O2. The summed E-state index contributed by atoms with van der Waals surface area (Å²) in [5.74, 6) is 0.685. The first-order valence-electron chi connectivity index (χ1n) is 6.44. The predicted octanol–water partition coefficient (Wildman–Crippen LogP) is 5.02. The lowest BCUT2D eigenvalue weighted by Gasteiger charge is -2.31. The SMILES string of the molecule is C=C1c2cc(OC)ccc2NC(=O)N1c1ccc(Cl)c(Cl)c1. The van der Waals surface area contributed by atoms with E-state index in [1.165, 1.54) is 4.90 Å². The van der Waals surface area contributed by atoms with E-state index in [-0.39, 0.29) is 6.03 Å². The number of nitrogens with zero attached hydrogens (tertiary/aromatic N) is 1. The largest absolute Gasteiger partial charge is 0.497 e. The maximum absolute atomic E-state index is 12.4. The Morgan fingerprint density at radius 3 is 2.59 bits per heavy atom. The smallest absolute Gasteiger partial charge is 0.330 e. The van der Waals surface area contributed by atoms with Crippen LogP contribution in [-0.2, 0) is 0 Å². The van der Waals surface area contributed by atoms with Crippen molar-refractivity contribution in [1.82, 2.24) is 0 Å². The average molecular weight is 335 g/mol. The van der Waals surface area contributed by atoms with Gasteiger partial charge in [-0.1, -0.05) is 29.8 Å². The van der Waals surface area contributed by atoms with Crippen LogP contribution in [0.5, 0.6) is 5.75 Å². The second kappa shape index (κ2) is 5.55. The van der Waals surface area contributed by atoms with Gasteiger partial charge < -0.3 is 10.1 Å². The normalized spacial score (nSPS) is 13.7. The zero-order valence-electron chi connectivity index (χ0n) is 11.7. The summed E-state index contributed by atoms with van der Waals surface area (Å²) >= 11 is 12.0. The van der Waals surface area contributed by atoms with Gasteiger partial charge in [-0.15, -0.1) is 0 Å². The summed E-state index contributed by atoms with van der Waals surface area (Å²) in [5, 5.41) is 3.62. The van der Waals surface area contributed by atoms with Gasteiger partial charge in [-0.25, -0.2) is 4.79 Å². The average Bonchev–Trinajstić information content (AvgIpc) is 2.50. The minimum atomic E-state index is -0.305. The number of benzene rings is 2. The van der Waals surface area contributed by atoms with Crippen molar-refractivity contribution in [2.45, 2.75) is 0 Å². The standard InChI is InChI=1S/C16H12Cl2N2O2/c1-9-12-8-11(22-2)4-6-15(12)19-16(21)20(9)10-3-5-13(17)14(18)7-10/h3-8H,1H2,2H3,(H,19,21). The van der Waals surface area contributed by atoms with Gasteiger partial charge >= 0.3 is 6.03 Å². The highest BCUT2D eigenvalue weighted by molar-refractivity contribution is 6.42. The fraction of sp³-hybridized carbons (Fsp3) is 0.0625. The summed E-state index contributed by atoms with van der Waals surface area (Å²) in [6.07, 6.45) is 0. The maximum Gasteiger partial charge on any atom is 0.330 e. The number of urea groups is 1. The molecule has 4 nitrogen and oxygen atoms in total. The Balaban J connectivity index is 2.07. The first-order chi connectivity index (χ1) is 10.5. The van der Waals surface area contributed by atoms with Crippen molar-refractivity contribution in [3.05, 3.63) is 58.6 Å². The van der Waals surface area contributed by atoms with Crippen LogP contribution >= 0.6 is 23.2 Å². The number of hydrogen-bond acceptors (Lipinski definition) is 2. The van der Waals surface area contributed by atoms with E-state index in [1.807, 2.05) is 6.07 Å². The van der Waals surface area contributed by atoms with Crippen LogP contribution in [0.2, 0.25) is 10.0 Å². The van der Waals surface area contributed by atoms with Gasteiger partial charge in [0.05, 0.1) is 34.2 Å². The number of methoxy groups -OCH3 is 1. The summed E-state index contributed by atoms with van der Waals surface area (Å²) in [6.45, 7) is 4.02. The minimum absolute atomic E-state index is 0.305. The number of hydrogen-bond donors (Lipinski definition) is 1. The van der Waals surface area contributed by atoms with Gasteiger partial charge in [0.1, 0.15) is 5.75 Å². The molecule has 2 aromatic carbocycles. The van der Waals surface area contributed by atoms with Crippen LogP contribution in [0.3, 0.4) is 0 Å². The van der Waals surface area contributed by atoms with E-state index >= 15 is 0 Å². The predicted molar refractivity (Wildman–Crippen MR) is 90.0 cm³/mol. The van der Waals surface area contributed by atoms with Crippen LogP contribution in [-0.4, -0.2) is 13.1 Å². The lowest BCUT2D eigenvalue weighted by atomic mass is 10.1. The molecule has 0 saturated carbocycles. The second-order valence-electron chi connectivity index (χ2n) is 4.72. The number of anilines is 2. The fourth-order valence-corrected chi connectivity index (χ4v) is 2.60. The van der Waals surface area contributed by atoms with Crippen molar-refractivity contribution in [2.75, 3.05) is 17.3 Å². The van der Waals surface area contributed by atoms with Crippen LogP contribution in [0, 0.1) is 0 Å². The highest BCUT2D eigenvalue weighted by atomic mass is 35.5. The lowest BCUT2D eigenvalue weighted by Crippen LogP contribution is -2.37. The monoisotopic (exact) mass is 334 g/mol. The molecule has 1 N–H and O–H groups in total. The third kappa shape index (κ3) is 2.40. The summed E-state index contributed by atoms with van der Waals surface area (Å²) in [6, 6.07) is 10.1. The number of halogens is 2. The quantitative estimate of drug-likeness (QED) is 0.837. The second-order valence-corrected chi connectivity index (χ2v) is 5.54. The topological polar surface area (TPSA) is 41.6 Å². The zero-order chi connectivity index (χ0) is 15.9. The van der Waals surface area contributed by atoms with Crippen molar-refractivity contribution >= 4 is 46.3 Å². The third-order valence-corrected chi connectivity index (χ3v) is 4.15. The van der Waals surface area contributed by atoms with E-state index in [9.17, 15) is 4.79 Å². The number of nitrogens with one attached hydrogen (secondary N) is 1. The van der Waals surface area contributed by atoms with Crippen LogP contribution in [0.4, 0.5) is 16.2 Å². The van der Waals surface area contributed by atoms with Gasteiger partial charge in [0.2, 0.25) is 0 Å². The van der Waals surface area contributed by atoms with Gasteiger partial charge in [-0.2, -0.15) is 0 Å². The Morgan fingerprint density at radius 1 is 1.14 bits per heavy atom. The lowest BCUT2D eigenvalue weighted by molar-refractivity contribution is 0.259. The summed E-state index contributed by atoms with van der Waals surface area (Å²) in [4.78, 5) is 13.8. The molecule has 6 heteroatoms.